The number of nitrogens with zero attached hydrogens (tertiary/aromatic N) is 1. The maximum Gasteiger partial charge on any atom is 0.166 e. The summed E-state index contributed by atoms with van der Waals surface area (Å²) in [5.74, 6) is -0.230. The van der Waals surface area contributed by atoms with E-state index in [2.05, 4.69) is 6.92 Å². The van der Waals surface area contributed by atoms with Crippen molar-refractivity contribution in [1.82, 2.24) is 0 Å². The van der Waals surface area contributed by atoms with Gasteiger partial charge in [0.2, 0.25) is 0 Å². The Morgan fingerprint density at radius 2 is 2.11 bits per heavy atom. The van der Waals surface area contributed by atoms with E-state index in [9.17, 15) is 4.39 Å². The van der Waals surface area contributed by atoms with E-state index in [1.54, 1.807) is 6.07 Å². The van der Waals surface area contributed by atoms with Gasteiger partial charge in [-0.05, 0) is 38.0 Å². The zero-order chi connectivity index (χ0) is 13.4. The predicted octanol–water partition coefficient (Wildman–Crippen LogP) is 4.44. The lowest BCUT2D eigenvalue weighted by atomic mass is 10.1. The molecule has 0 heterocycles. The van der Waals surface area contributed by atoms with Crippen molar-refractivity contribution in [3.05, 3.63) is 29.6 Å². The third-order valence-corrected chi connectivity index (χ3v) is 2.85. The van der Waals surface area contributed by atoms with Gasteiger partial charge in [0.25, 0.3) is 0 Å². The van der Waals surface area contributed by atoms with Crippen molar-refractivity contribution in [3.63, 3.8) is 0 Å². The topological polar surface area (TPSA) is 33.0 Å². The molecule has 0 fully saturated rings. The molecular formula is C15H20FNO. The van der Waals surface area contributed by atoms with Gasteiger partial charge in [0.05, 0.1) is 17.7 Å². The van der Waals surface area contributed by atoms with E-state index in [-0.39, 0.29) is 11.9 Å². The van der Waals surface area contributed by atoms with Gasteiger partial charge in [0.1, 0.15) is 0 Å². The second kappa shape index (κ2) is 7.71. The van der Waals surface area contributed by atoms with Crippen LogP contribution in [0.2, 0.25) is 0 Å². The van der Waals surface area contributed by atoms with Crippen molar-refractivity contribution in [2.24, 2.45) is 0 Å². The first kappa shape index (κ1) is 14.5. The van der Waals surface area contributed by atoms with Crippen LogP contribution in [0.4, 0.5) is 4.39 Å². The standard InChI is InChI=1S/C15H20FNO/c1-3-4-5-6-7-12(2)18-15-9-8-13(11-17)10-14(15)16/h8-10,12H,3-7H2,1-2H3. The molecule has 0 aliphatic heterocycles. The molecule has 1 aromatic carbocycles. The van der Waals surface area contributed by atoms with Gasteiger partial charge in [-0.25, -0.2) is 4.39 Å². The van der Waals surface area contributed by atoms with Gasteiger partial charge in [-0.2, -0.15) is 5.26 Å². The van der Waals surface area contributed by atoms with Crippen LogP contribution < -0.4 is 4.74 Å². The first-order chi connectivity index (χ1) is 8.67. The molecule has 1 atom stereocenters. The molecule has 98 valence electrons. The summed E-state index contributed by atoms with van der Waals surface area (Å²) >= 11 is 0. The molecule has 0 aliphatic carbocycles. The number of unbranched alkanes of at least 4 members (excludes halogenated alkanes) is 3. The number of hydrogen-bond acceptors (Lipinski definition) is 2. The van der Waals surface area contributed by atoms with Crippen molar-refractivity contribution < 1.29 is 9.13 Å². The maximum absolute atomic E-state index is 13.6. The second-order valence-electron chi connectivity index (χ2n) is 4.53. The number of benzene rings is 1. The molecular weight excluding hydrogens is 229 g/mol. The van der Waals surface area contributed by atoms with E-state index in [4.69, 9.17) is 10.00 Å². The summed E-state index contributed by atoms with van der Waals surface area (Å²) in [5.41, 5.74) is 0.315. The van der Waals surface area contributed by atoms with Crippen molar-refractivity contribution in [3.8, 4) is 11.8 Å². The third kappa shape index (κ3) is 4.75. The SMILES string of the molecule is CCCCCCC(C)Oc1ccc(C#N)cc1F. The highest BCUT2D eigenvalue weighted by Gasteiger charge is 2.09. The Balaban J connectivity index is 2.44. The maximum atomic E-state index is 13.6. The van der Waals surface area contributed by atoms with E-state index in [0.717, 1.165) is 12.8 Å². The molecule has 2 nitrogen and oxygen atoms in total. The van der Waals surface area contributed by atoms with E-state index in [1.807, 2.05) is 13.0 Å². The summed E-state index contributed by atoms with van der Waals surface area (Å²) in [6.45, 7) is 4.12. The Morgan fingerprint density at radius 3 is 2.72 bits per heavy atom. The Hall–Kier alpha value is -1.56. The van der Waals surface area contributed by atoms with Crippen LogP contribution >= 0.6 is 0 Å². The lowest BCUT2D eigenvalue weighted by Crippen LogP contribution is -2.12. The van der Waals surface area contributed by atoms with Gasteiger partial charge in [-0.3, -0.25) is 0 Å². The van der Waals surface area contributed by atoms with Gasteiger partial charge in [-0.1, -0.05) is 26.2 Å². The highest BCUT2D eigenvalue weighted by atomic mass is 19.1. The van der Waals surface area contributed by atoms with Crippen molar-refractivity contribution in [2.45, 2.75) is 52.1 Å². The van der Waals surface area contributed by atoms with Gasteiger partial charge < -0.3 is 4.74 Å². The van der Waals surface area contributed by atoms with Crippen LogP contribution in [-0.4, -0.2) is 6.10 Å². The zero-order valence-corrected chi connectivity index (χ0v) is 11.1. The van der Waals surface area contributed by atoms with Crippen LogP contribution in [0.1, 0.15) is 51.5 Å². The molecule has 0 aromatic heterocycles. The third-order valence-electron chi connectivity index (χ3n) is 2.85. The van der Waals surface area contributed by atoms with Gasteiger partial charge >= 0.3 is 0 Å². The fraction of sp³-hybridized carbons (Fsp3) is 0.533. The van der Waals surface area contributed by atoms with E-state index >= 15 is 0 Å². The lowest BCUT2D eigenvalue weighted by Gasteiger charge is -2.15. The quantitative estimate of drug-likeness (QED) is 0.669. The molecule has 0 bridgehead atoms. The summed E-state index contributed by atoms with van der Waals surface area (Å²) < 4.78 is 19.1. The Labute approximate surface area is 108 Å². The van der Waals surface area contributed by atoms with Crippen LogP contribution in [-0.2, 0) is 0 Å². The monoisotopic (exact) mass is 249 g/mol. The number of halogens is 1. The lowest BCUT2D eigenvalue weighted by molar-refractivity contribution is 0.197. The van der Waals surface area contributed by atoms with Crippen LogP contribution in [0.25, 0.3) is 0 Å². The van der Waals surface area contributed by atoms with Crippen LogP contribution in [0.5, 0.6) is 5.75 Å². The van der Waals surface area contributed by atoms with Gasteiger partial charge in [0, 0.05) is 0 Å². The molecule has 0 saturated heterocycles. The smallest absolute Gasteiger partial charge is 0.166 e. The molecule has 0 N–H and O–H groups in total. The number of rotatable bonds is 7. The summed E-state index contributed by atoms with van der Waals surface area (Å²) in [6.07, 6.45) is 5.67. The summed E-state index contributed by atoms with van der Waals surface area (Å²) in [4.78, 5) is 0. The molecule has 1 aromatic rings. The molecule has 0 saturated carbocycles. The highest BCUT2D eigenvalue weighted by molar-refractivity contribution is 5.36. The molecule has 1 unspecified atom stereocenters. The largest absolute Gasteiger partial charge is 0.488 e. The number of hydrogen-bond donors (Lipinski definition) is 0. The van der Waals surface area contributed by atoms with Crippen LogP contribution in [0.3, 0.4) is 0 Å². The Morgan fingerprint density at radius 1 is 1.33 bits per heavy atom. The first-order valence-corrected chi connectivity index (χ1v) is 6.53. The number of nitriles is 1. The van der Waals surface area contributed by atoms with Crippen LogP contribution in [0, 0.1) is 17.1 Å². The van der Waals surface area contributed by atoms with E-state index in [0.29, 0.717) is 5.56 Å². The molecule has 1 rings (SSSR count). The minimum atomic E-state index is -0.463. The van der Waals surface area contributed by atoms with Crippen molar-refractivity contribution >= 4 is 0 Å². The summed E-state index contributed by atoms with van der Waals surface area (Å²) in [5, 5.41) is 8.64. The molecule has 0 amide bonds. The zero-order valence-electron chi connectivity index (χ0n) is 11.1. The normalized spacial score (nSPS) is 11.9. The van der Waals surface area contributed by atoms with Crippen LogP contribution in [0.15, 0.2) is 18.2 Å². The Kier molecular flexibility index (Phi) is 6.21. The summed E-state index contributed by atoms with van der Waals surface area (Å²) in [7, 11) is 0. The summed E-state index contributed by atoms with van der Waals surface area (Å²) in [6, 6.07) is 6.20. The minimum absolute atomic E-state index is 0.00397. The van der Waals surface area contributed by atoms with E-state index in [1.165, 1.54) is 31.4 Å². The average Bonchev–Trinajstić information content (AvgIpc) is 2.37. The van der Waals surface area contributed by atoms with Crippen molar-refractivity contribution in [2.75, 3.05) is 0 Å². The van der Waals surface area contributed by atoms with Gasteiger partial charge in [-0.15, -0.1) is 0 Å². The fourth-order valence-corrected chi connectivity index (χ4v) is 1.80. The molecule has 0 aliphatic rings. The first-order valence-electron chi connectivity index (χ1n) is 6.53. The highest BCUT2D eigenvalue weighted by Crippen LogP contribution is 2.20. The minimum Gasteiger partial charge on any atom is -0.488 e. The van der Waals surface area contributed by atoms with Gasteiger partial charge in [0.15, 0.2) is 11.6 Å². The second-order valence-corrected chi connectivity index (χ2v) is 4.53. The predicted molar refractivity (Wildman–Crippen MR) is 70.0 cm³/mol. The molecule has 18 heavy (non-hydrogen) atoms. The number of ether oxygens (including phenoxy) is 1. The molecule has 0 radical (unpaired) electrons. The van der Waals surface area contributed by atoms with E-state index < -0.39 is 5.82 Å². The molecule has 3 heteroatoms. The average molecular weight is 249 g/mol. The van der Waals surface area contributed by atoms with Crippen molar-refractivity contribution in [1.29, 1.82) is 5.26 Å². The molecule has 0 spiro atoms. The Bertz CT molecular complexity index is 411. The fourth-order valence-electron chi connectivity index (χ4n) is 1.80.